The van der Waals surface area contributed by atoms with Crippen LogP contribution in [0.15, 0.2) is 30.3 Å². The Balaban J connectivity index is 1.37. The number of anilines is 1. The summed E-state index contributed by atoms with van der Waals surface area (Å²) in [4.78, 5) is 19.8. The molecule has 2 heterocycles. The molecule has 0 aromatic heterocycles. The monoisotopic (exact) mass is 405 g/mol. The van der Waals surface area contributed by atoms with Gasteiger partial charge in [-0.1, -0.05) is 31.0 Å². The van der Waals surface area contributed by atoms with Gasteiger partial charge in [-0.25, -0.2) is 8.42 Å². The average Bonchev–Trinajstić information content (AvgIpc) is 3.33. The molecule has 3 aliphatic rings. The summed E-state index contributed by atoms with van der Waals surface area (Å²) in [5.41, 5.74) is 1.23. The smallest absolute Gasteiger partial charge is 0.237 e. The molecule has 0 radical (unpaired) electrons. The summed E-state index contributed by atoms with van der Waals surface area (Å²) in [5.74, 6) is 0.503. The van der Waals surface area contributed by atoms with E-state index in [0.29, 0.717) is 13.0 Å². The van der Waals surface area contributed by atoms with Gasteiger partial charge < -0.3 is 9.80 Å². The van der Waals surface area contributed by atoms with Crippen LogP contribution in [-0.2, 0) is 14.6 Å². The third-order valence-electron chi connectivity index (χ3n) is 6.46. The van der Waals surface area contributed by atoms with Crippen molar-refractivity contribution in [1.82, 2.24) is 9.80 Å². The van der Waals surface area contributed by atoms with Crippen LogP contribution < -0.4 is 4.90 Å². The van der Waals surface area contributed by atoms with Crippen molar-refractivity contribution in [1.29, 1.82) is 0 Å². The summed E-state index contributed by atoms with van der Waals surface area (Å²) in [6.45, 7) is 3.97. The fraction of sp³-hybridized carbons (Fsp3) is 0.667. The number of benzene rings is 1. The molecule has 6 nitrogen and oxygen atoms in total. The molecule has 0 N–H and O–H groups in total. The molecule has 1 atom stereocenters. The SMILES string of the molecule is O=C(CN1CCN(c2ccccc2)CC1)N(C1CCCC1)[C@@H]1CCS(=O)(=O)C1. The molecule has 1 aliphatic carbocycles. The third-order valence-corrected chi connectivity index (χ3v) is 8.21. The van der Waals surface area contributed by atoms with E-state index in [1.165, 1.54) is 5.69 Å². The van der Waals surface area contributed by atoms with E-state index in [0.717, 1.165) is 51.9 Å². The lowest BCUT2D eigenvalue weighted by Gasteiger charge is -2.39. The molecule has 1 amide bonds. The maximum absolute atomic E-state index is 13.2. The van der Waals surface area contributed by atoms with Crippen molar-refractivity contribution < 1.29 is 13.2 Å². The summed E-state index contributed by atoms with van der Waals surface area (Å²) in [6.07, 6.45) is 4.92. The van der Waals surface area contributed by atoms with Crippen LogP contribution in [0.5, 0.6) is 0 Å². The summed E-state index contributed by atoms with van der Waals surface area (Å²) in [5, 5.41) is 0. The van der Waals surface area contributed by atoms with Crippen molar-refractivity contribution in [3.63, 3.8) is 0 Å². The molecular weight excluding hydrogens is 374 g/mol. The first kappa shape index (κ1) is 19.7. The van der Waals surface area contributed by atoms with E-state index in [2.05, 4.69) is 34.1 Å². The fourth-order valence-electron chi connectivity index (χ4n) is 4.96. The minimum atomic E-state index is -2.99. The van der Waals surface area contributed by atoms with Gasteiger partial charge in [-0.3, -0.25) is 9.69 Å². The second-order valence-electron chi connectivity index (χ2n) is 8.39. The van der Waals surface area contributed by atoms with E-state index in [-0.39, 0.29) is 29.5 Å². The van der Waals surface area contributed by atoms with Crippen LogP contribution in [0.2, 0.25) is 0 Å². The molecular formula is C21H31N3O3S. The second-order valence-corrected chi connectivity index (χ2v) is 10.6. The summed E-state index contributed by atoms with van der Waals surface area (Å²) in [6, 6.07) is 10.5. The maximum Gasteiger partial charge on any atom is 0.237 e. The highest BCUT2D eigenvalue weighted by molar-refractivity contribution is 7.91. The quantitative estimate of drug-likeness (QED) is 0.747. The van der Waals surface area contributed by atoms with Gasteiger partial charge >= 0.3 is 0 Å². The Morgan fingerprint density at radius 2 is 1.64 bits per heavy atom. The molecule has 1 aromatic rings. The van der Waals surface area contributed by atoms with Crippen molar-refractivity contribution in [2.75, 3.05) is 49.1 Å². The summed E-state index contributed by atoms with van der Waals surface area (Å²) >= 11 is 0. The molecule has 4 rings (SSSR count). The van der Waals surface area contributed by atoms with Gasteiger partial charge in [-0.05, 0) is 31.4 Å². The molecule has 7 heteroatoms. The number of rotatable bonds is 5. The summed E-state index contributed by atoms with van der Waals surface area (Å²) < 4.78 is 24.0. The van der Waals surface area contributed by atoms with E-state index >= 15 is 0 Å². The average molecular weight is 406 g/mol. The van der Waals surface area contributed by atoms with Gasteiger partial charge in [0.25, 0.3) is 0 Å². The highest BCUT2D eigenvalue weighted by Crippen LogP contribution is 2.29. The molecule has 3 fully saturated rings. The van der Waals surface area contributed by atoms with Crippen molar-refractivity contribution in [2.24, 2.45) is 0 Å². The standard InChI is InChI=1S/C21H31N3O3S/c25-21(16-22-11-13-23(14-12-22)18-6-2-1-3-7-18)24(19-8-4-5-9-19)20-10-15-28(26,27)17-20/h1-3,6-7,19-20H,4-5,8-17H2/t20-/m1/s1. The second kappa shape index (κ2) is 8.41. The van der Waals surface area contributed by atoms with Crippen molar-refractivity contribution in [2.45, 2.75) is 44.2 Å². The first-order valence-corrected chi connectivity index (χ1v) is 12.4. The van der Waals surface area contributed by atoms with E-state index < -0.39 is 9.84 Å². The zero-order chi connectivity index (χ0) is 19.6. The first-order valence-electron chi connectivity index (χ1n) is 10.6. The largest absolute Gasteiger partial charge is 0.369 e. The zero-order valence-electron chi connectivity index (χ0n) is 16.5. The molecule has 2 saturated heterocycles. The Labute approximate surface area is 168 Å². The molecule has 0 unspecified atom stereocenters. The molecule has 28 heavy (non-hydrogen) atoms. The number of piperazine rings is 1. The predicted octanol–water partition coefficient (Wildman–Crippen LogP) is 1.77. The number of para-hydroxylation sites is 1. The molecule has 0 spiro atoms. The number of amides is 1. The Hall–Kier alpha value is -1.60. The Kier molecular flexibility index (Phi) is 5.92. The Bertz CT molecular complexity index is 769. The molecule has 154 valence electrons. The number of carbonyl (C=O) groups excluding carboxylic acids is 1. The Morgan fingerprint density at radius 3 is 2.25 bits per heavy atom. The van der Waals surface area contributed by atoms with E-state index in [1.54, 1.807) is 0 Å². The van der Waals surface area contributed by atoms with Crippen LogP contribution in [0.1, 0.15) is 32.1 Å². The van der Waals surface area contributed by atoms with Crippen LogP contribution in [0.3, 0.4) is 0 Å². The van der Waals surface area contributed by atoms with Gasteiger partial charge in [0, 0.05) is 44.0 Å². The van der Waals surface area contributed by atoms with E-state index in [4.69, 9.17) is 0 Å². The van der Waals surface area contributed by atoms with E-state index in [9.17, 15) is 13.2 Å². The Morgan fingerprint density at radius 1 is 0.964 bits per heavy atom. The van der Waals surface area contributed by atoms with Gasteiger partial charge in [0.15, 0.2) is 9.84 Å². The lowest BCUT2D eigenvalue weighted by atomic mass is 10.1. The maximum atomic E-state index is 13.2. The third kappa shape index (κ3) is 4.51. The number of carbonyl (C=O) groups is 1. The number of hydrogen-bond acceptors (Lipinski definition) is 5. The van der Waals surface area contributed by atoms with Crippen molar-refractivity contribution >= 4 is 21.4 Å². The minimum absolute atomic E-state index is 0.119. The lowest BCUT2D eigenvalue weighted by Crippen LogP contribution is -2.54. The van der Waals surface area contributed by atoms with E-state index in [1.807, 2.05) is 11.0 Å². The van der Waals surface area contributed by atoms with Gasteiger partial charge in [-0.2, -0.15) is 0 Å². The van der Waals surface area contributed by atoms with Crippen LogP contribution in [0.4, 0.5) is 5.69 Å². The fourth-order valence-corrected chi connectivity index (χ4v) is 6.67. The molecule has 1 aromatic carbocycles. The normalized spacial score (nSPS) is 25.9. The molecule has 1 saturated carbocycles. The highest BCUT2D eigenvalue weighted by Gasteiger charge is 2.39. The number of sulfone groups is 1. The van der Waals surface area contributed by atoms with Crippen LogP contribution >= 0.6 is 0 Å². The van der Waals surface area contributed by atoms with Gasteiger partial charge in [0.1, 0.15) is 0 Å². The predicted molar refractivity (Wildman–Crippen MR) is 111 cm³/mol. The number of nitrogens with zero attached hydrogens (tertiary/aromatic N) is 3. The van der Waals surface area contributed by atoms with Gasteiger partial charge in [-0.15, -0.1) is 0 Å². The highest BCUT2D eigenvalue weighted by atomic mass is 32.2. The van der Waals surface area contributed by atoms with Crippen molar-refractivity contribution in [3.8, 4) is 0 Å². The molecule has 2 aliphatic heterocycles. The number of hydrogen-bond donors (Lipinski definition) is 0. The first-order chi connectivity index (χ1) is 13.5. The van der Waals surface area contributed by atoms with Crippen LogP contribution in [0.25, 0.3) is 0 Å². The molecule has 0 bridgehead atoms. The topological polar surface area (TPSA) is 60.9 Å². The van der Waals surface area contributed by atoms with Crippen LogP contribution in [-0.4, -0.2) is 80.4 Å². The summed E-state index contributed by atoms with van der Waals surface area (Å²) in [7, 11) is -2.99. The van der Waals surface area contributed by atoms with Crippen LogP contribution in [0, 0.1) is 0 Å². The lowest BCUT2D eigenvalue weighted by molar-refractivity contribution is -0.137. The minimum Gasteiger partial charge on any atom is -0.369 e. The van der Waals surface area contributed by atoms with Crippen molar-refractivity contribution in [3.05, 3.63) is 30.3 Å². The van der Waals surface area contributed by atoms with Gasteiger partial charge in [0.05, 0.1) is 18.1 Å². The zero-order valence-corrected chi connectivity index (χ0v) is 17.3. The van der Waals surface area contributed by atoms with Gasteiger partial charge in [0.2, 0.25) is 5.91 Å².